The summed E-state index contributed by atoms with van der Waals surface area (Å²) in [7, 11) is 0. The molecular formula is C25H21Cl2N3O2. The van der Waals surface area contributed by atoms with E-state index in [2.05, 4.69) is 15.1 Å². The number of carbonyl (C=O) groups excluding carboxylic acids is 1. The number of hydrogen-bond acceptors (Lipinski definition) is 3. The predicted molar refractivity (Wildman–Crippen MR) is 130 cm³/mol. The first-order valence-corrected chi connectivity index (χ1v) is 10.9. The molecule has 7 heteroatoms. The third kappa shape index (κ3) is 4.96. The second-order valence-corrected chi connectivity index (χ2v) is 7.95. The minimum Gasteiger partial charge on any atom is -0.494 e. The molecule has 5 nitrogen and oxygen atoms in total. The van der Waals surface area contributed by atoms with Crippen LogP contribution in [0.1, 0.15) is 28.4 Å². The van der Waals surface area contributed by atoms with Crippen molar-refractivity contribution in [2.45, 2.75) is 13.5 Å². The minimum absolute atomic E-state index is 0.288. The molecule has 0 aliphatic rings. The van der Waals surface area contributed by atoms with Crippen LogP contribution in [-0.2, 0) is 6.54 Å². The first-order chi connectivity index (χ1) is 15.5. The van der Waals surface area contributed by atoms with Gasteiger partial charge in [0.25, 0.3) is 5.91 Å². The highest BCUT2D eigenvalue weighted by Crippen LogP contribution is 2.25. The van der Waals surface area contributed by atoms with Gasteiger partial charge in [-0.2, -0.15) is 5.10 Å². The molecule has 0 atom stereocenters. The largest absolute Gasteiger partial charge is 0.494 e. The summed E-state index contributed by atoms with van der Waals surface area (Å²) < 4.78 is 7.52. The number of para-hydroxylation sites is 1. The molecule has 4 aromatic rings. The summed E-state index contributed by atoms with van der Waals surface area (Å²) in [5.41, 5.74) is 6.08. The zero-order valence-corrected chi connectivity index (χ0v) is 18.9. The normalized spacial score (nSPS) is 11.2. The number of nitrogens with zero attached hydrogens (tertiary/aromatic N) is 2. The van der Waals surface area contributed by atoms with E-state index >= 15 is 0 Å². The molecule has 0 radical (unpaired) electrons. The molecule has 32 heavy (non-hydrogen) atoms. The number of nitrogens with one attached hydrogen (secondary N) is 1. The Morgan fingerprint density at radius 2 is 1.84 bits per heavy atom. The van der Waals surface area contributed by atoms with Crippen molar-refractivity contribution < 1.29 is 9.53 Å². The van der Waals surface area contributed by atoms with Crippen molar-refractivity contribution >= 4 is 46.2 Å². The van der Waals surface area contributed by atoms with Crippen molar-refractivity contribution in [3.63, 3.8) is 0 Å². The molecular weight excluding hydrogens is 445 g/mol. The first-order valence-electron chi connectivity index (χ1n) is 10.1. The van der Waals surface area contributed by atoms with Crippen LogP contribution in [0.5, 0.6) is 5.75 Å². The summed E-state index contributed by atoms with van der Waals surface area (Å²) in [5, 5.41) is 6.26. The number of amides is 1. The van der Waals surface area contributed by atoms with Crippen molar-refractivity contribution in [3.05, 3.63) is 99.7 Å². The third-order valence-corrected chi connectivity index (χ3v) is 5.69. The van der Waals surface area contributed by atoms with E-state index in [-0.39, 0.29) is 5.91 Å². The highest BCUT2D eigenvalue weighted by molar-refractivity contribution is 6.42. The zero-order chi connectivity index (χ0) is 22.5. The summed E-state index contributed by atoms with van der Waals surface area (Å²) in [5.74, 6) is 0.436. The van der Waals surface area contributed by atoms with E-state index in [1.165, 1.54) is 0 Å². The lowest BCUT2D eigenvalue weighted by molar-refractivity contribution is 0.0955. The number of carbonyl (C=O) groups is 1. The van der Waals surface area contributed by atoms with Gasteiger partial charge in [0, 0.05) is 34.8 Å². The molecule has 0 aliphatic heterocycles. The second kappa shape index (κ2) is 9.90. The van der Waals surface area contributed by atoms with Crippen LogP contribution >= 0.6 is 23.2 Å². The highest BCUT2D eigenvalue weighted by Gasteiger charge is 2.09. The quantitative estimate of drug-likeness (QED) is 0.262. The number of rotatable bonds is 7. The van der Waals surface area contributed by atoms with E-state index in [4.69, 9.17) is 27.9 Å². The predicted octanol–water partition coefficient (Wildman–Crippen LogP) is 6.16. The van der Waals surface area contributed by atoms with Crippen molar-refractivity contribution in [2.75, 3.05) is 6.61 Å². The molecule has 1 N–H and O–H groups in total. The molecule has 0 saturated carbocycles. The van der Waals surface area contributed by atoms with Crippen molar-refractivity contribution in [1.29, 1.82) is 0 Å². The fraction of sp³-hybridized carbons (Fsp3) is 0.120. The van der Waals surface area contributed by atoms with E-state index in [0.29, 0.717) is 28.8 Å². The SMILES string of the molecule is CCOc1ccc(C(=O)N/N=C/c2cn(Cc3ccc(Cl)c(Cl)c3)c3ccccc23)cc1. The van der Waals surface area contributed by atoms with Crippen LogP contribution in [-0.4, -0.2) is 23.3 Å². The molecule has 3 aromatic carbocycles. The van der Waals surface area contributed by atoms with E-state index in [9.17, 15) is 4.79 Å². The molecule has 1 aromatic heterocycles. The number of hydrazone groups is 1. The van der Waals surface area contributed by atoms with Crippen LogP contribution in [0.25, 0.3) is 10.9 Å². The van der Waals surface area contributed by atoms with Gasteiger partial charge in [-0.05, 0) is 55.0 Å². The molecule has 1 amide bonds. The Morgan fingerprint density at radius 3 is 2.59 bits per heavy atom. The Kier molecular flexibility index (Phi) is 6.78. The van der Waals surface area contributed by atoms with Crippen LogP contribution in [0.3, 0.4) is 0 Å². The van der Waals surface area contributed by atoms with E-state index in [1.54, 1.807) is 36.5 Å². The highest BCUT2D eigenvalue weighted by atomic mass is 35.5. The monoisotopic (exact) mass is 465 g/mol. The standard InChI is InChI=1S/C25H21Cl2N3O2/c1-2-32-20-10-8-18(9-11-20)25(31)29-28-14-19-16-30(24-6-4-3-5-21(19)24)15-17-7-12-22(26)23(27)13-17/h3-14,16H,2,15H2,1H3,(H,29,31)/b28-14+. The van der Waals surface area contributed by atoms with Crippen LogP contribution in [0, 0.1) is 0 Å². The number of benzene rings is 3. The summed E-state index contributed by atoms with van der Waals surface area (Å²) in [6.07, 6.45) is 3.65. The number of hydrogen-bond donors (Lipinski definition) is 1. The van der Waals surface area contributed by atoms with Gasteiger partial charge in [-0.15, -0.1) is 0 Å². The van der Waals surface area contributed by atoms with Gasteiger partial charge in [0.15, 0.2) is 0 Å². The van der Waals surface area contributed by atoms with Gasteiger partial charge in [0.05, 0.1) is 22.9 Å². The minimum atomic E-state index is -0.288. The Balaban J connectivity index is 1.52. The van der Waals surface area contributed by atoms with Crippen LogP contribution < -0.4 is 10.2 Å². The number of halogens is 2. The molecule has 0 fully saturated rings. The van der Waals surface area contributed by atoms with Gasteiger partial charge in [-0.25, -0.2) is 5.43 Å². The van der Waals surface area contributed by atoms with Crippen molar-refractivity contribution in [2.24, 2.45) is 5.10 Å². The lowest BCUT2D eigenvalue weighted by Crippen LogP contribution is -2.17. The smallest absolute Gasteiger partial charge is 0.271 e. The number of aromatic nitrogens is 1. The number of ether oxygens (including phenoxy) is 1. The molecule has 0 spiro atoms. The van der Waals surface area contributed by atoms with E-state index in [0.717, 1.165) is 27.8 Å². The van der Waals surface area contributed by atoms with E-state index in [1.807, 2.05) is 49.5 Å². The molecule has 162 valence electrons. The Labute approximate surface area is 196 Å². The second-order valence-electron chi connectivity index (χ2n) is 7.13. The first kappa shape index (κ1) is 21.9. The summed E-state index contributed by atoms with van der Waals surface area (Å²) in [6.45, 7) is 3.12. The molecule has 0 saturated heterocycles. The van der Waals surface area contributed by atoms with Gasteiger partial charge < -0.3 is 9.30 Å². The Bertz CT molecular complexity index is 1280. The third-order valence-electron chi connectivity index (χ3n) is 4.95. The fourth-order valence-corrected chi connectivity index (χ4v) is 3.76. The lowest BCUT2D eigenvalue weighted by atomic mass is 10.2. The van der Waals surface area contributed by atoms with Crippen molar-refractivity contribution in [3.8, 4) is 5.75 Å². The summed E-state index contributed by atoms with van der Waals surface area (Å²) >= 11 is 12.2. The molecule has 0 unspecified atom stereocenters. The Morgan fingerprint density at radius 1 is 1.06 bits per heavy atom. The van der Waals surface area contributed by atoms with Gasteiger partial charge in [0.2, 0.25) is 0 Å². The summed E-state index contributed by atoms with van der Waals surface area (Å²) in [4.78, 5) is 12.4. The fourth-order valence-electron chi connectivity index (χ4n) is 3.44. The van der Waals surface area contributed by atoms with Gasteiger partial charge in [0.1, 0.15) is 5.75 Å². The van der Waals surface area contributed by atoms with E-state index < -0.39 is 0 Å². The van der Waals surface area contributed by atoms with Crippen LogP contribution in [0.4, 0.5) is 0 Å². The lowest BCUT2D eigenvalue weighted by Gasteiger charge is -2.06. The van der Waals surface area contributed by atoms with Crippen molar-refractivity contribution in [1.82, 2.24) is 9.99 Å². The maximum absolute atomic E-state index is 12.4. The summed E-state index contributed by atoms with van der Waals surface area (Å²) in [6, 6.07) is 20.6. The zero-order valence-electron chi connectivity index (χ0n) is 17.4. The topological polar surface area (TPSA) is 55.6 Å². The molecule has 0 aliphatic carbocycles. The maximum Gasteiger partial charge on any atom is 0.271 e. The molecule has 4 rings (SSSR count). The van der Waals surface area contributed by atoms with Crippen LogP contribution in [0.2, 0.25) is 10.0 Å². The van der Waals surface area contributed by atoms with Gasteiger partial charge in [-0.3, -0.25) is 4.79 Å². The van der Waals surface area contributed by atoms with Gasteiger partial charge >= 0.3 is 0 Å². The Hall–Kier alpha value is -3.28. The average Bonchev–Trinajstić information content (AvgIpc) is 3.14. The molecule has 1 heterocycles. The van der Waals surface area contributed by atoms with Gasteiger partial charge in [-0.1, -0.05) is 47.5 Å². The average molecular weight is 466 g/mol. The van der Waals surface area contributed by atoms with Crippen LogP contribution in [0.15, 0.2) is 78.0 Å². The number of fused-ring (bicyclic) bond motifs is 1. The maximum atomic E-state index is 12.4. The molecule has 0 bridgehead atoms.